The van der Waals surface area contributed by atoms with Crippen LogP contribution in [-0.2, 0) is 13.0 Å². The Kier molecular flexibility index (Phi) is 3.41. The van der Waals surface area contributed by atoms with Crippen LogP contribution in [0.2, 0.25) is 5.02 Å². The summed E-state index contributed by atoms with van der Waals surface area (Å²) >= 11 is 11.0. The van der Waals surface area contributed by atoms with E-state index >= 15 is 0 Å². The Labute approximate surface area is 104 Å². The van der Waals surface area contributed by atoms with Crippen molar-refractivity contribution in [2.75, 3.05) is 0 Å². The molecule has 0 aliphatic heterocycles. The van der Waals surface area contributed by atoms with E-state index in [0.717, 1.165) is 29.4 Å². The van der Waals surface area contributed by atoms with Gasteiger partial charge in [0.1, 0.15) is 5.82 Å². The molecule has 1 heterocycles. The fourth-order valence-corrected chi connectivity index (χ4v) is 1.90. The molecule has 16 heavy (non-hydrogen) atoms. The Bertz CT molecular complexity index is 527. The van der Waals surface area contributed by atoms with Crippen LogP contribution in [0.5, 0.6) is 0 Å². The Morgan fingerprint density at radius 3 is 2.69 bits per heavy atom. The zero-order valence-corrected chi connectivity index (χ0v) is 10.5. The highest BCUT2D eigenvalue weighted by atomic mass is 35.5. The highest BCUT2D eigenvalue weighted by Crippen LogP contribution is 2.11. The maximum Gasteiger partial charge on any atom is 0.195 e. The molecule has 1 N–H and O–H groups in total. The van der Waals surface area contributed by atoms with Gasteiger partial charge < -0.3 is 0 Å². The van der Waals surface area contributed by atoms with Crippen molar-refractivity contribution in [2.24, 2.45) is 0 Å². The smallest absolute Gasteiger partial charge is 0.195 e. The van der Waals surface area contributed by atoms with Gasteiger partial charge in [-0.05, 0) is 29.9 Å². The van der Waals surface area contributed by atoms with Crippen molar-refractivity contribution < 1.29 is 0 Å². The number of aryl methyl sites for hydroxylation is 1. The molecule has 2 rings (SSSR count). The van der Waals surface area contributed by atoms with Crippen LogP contribution in [0.1, 0.15) is 18.3 Å². The molecule has 0 aliphatic carbocycles. The maximum absolute atomic E-state index is 5.84. The molecule has 1 aromatic heterocycles. The van der Waals surface area contributed by atoms with Crippen molar-refractivity contribution in [1.29, 1.82) is 0 Å². The van der Waals surface area contributed by atoms with E-state index < -0.39 is 0 Å². The number of nitrogens with zero attached hydrogens (tertiary/aromatic N) is 2. The molecule has 5 heteroatoms. The van der Waals surface area contributed by atoms with Gasteiger partial charge in [0.05, 0.1) is 6.54 Å². The molecular weight excluding hydrogens is 242 g/mol. The number of halogens is 1. The third kappa shape index (κ3) is 2.33. The summed E-state index contributed by atoms with van der Waals surface area (Å²) < 4.78 is 2.66. The molecule has 0 radical (unpaired) electrons. The van der Waals surface area contributed by atoms with Gasteiger partial charge in [-0.3, -0.25) is 9.67 Å². The minimum Gasteiger partial charge on any atom is -0.300 e. The predicted octanol–water partition coefficient (Wildman–Crippen LogP) is 3.20. The van der Waals surface area contributed by atoms with E-state index in [0.29, 0.717) is 4.77 Å². The Morgan fingerprint density at radius 1 is 1.38 bits per heavy atom. The molecule has 0 bridgehead atoms. The van der Waals surface area contributed by atoms with Crippen LogP contribution >= 0.6 is 23.8 Å². The Balaban J connectivity index is 2.29. The topological polar surface area (TPSA) is 33.6 Å². The van der Waals surface area contributed by atoms with Gasteiger partial charge in [0, 0.05) is 11.4 Å². The van der Waals surface area contributed by atoms with Crippen molar-refractivity contribution in [3.05, 3.63) is 45.4 Å². The minimum absolute atomic E-state index is 0.659. The molecule has 0 saturated carbocycles. The summed E-state index contributed by atoms with van der Waals surface area (Å²) in [7, 11) is 0. The molecule has 84 valence electrons. The zero-order chi connectivity index (χ0) is 11.5. The number of nitrogens with one attached hydrogen (secondary N) is 1. The lowest BCUT2D eigenvalue weighted by Gasteiger charge is -2.05. The van der Waals surface area contributed by atoms with Crippen LogP contribution in [-0.4, -0.2) is 14.8 Å². The fraction of sp³-hybridized carbons (Fsp3) is 0.273. The molecule has 1 aromatic carbocycles. The molecule has 0 aliphatic rings. The summed E-state index contributed by atoms with van der Waals surface area (Å²) in [6, 6.07) is 7.76. The van der Waals surface area contributed by atoms with Crippen molar-refractivity contribution in [3.8, 4) is 0 Å². The van der Waals surface area contributed by atoms with Crippen molar-refractivity contribution in [3.63, 3.8) is 0 Å². The lowest BCUT2D eigenvalue weighted by atomic mass is 10.2. The van der Waals surface area contributed by atoms with Crippen LogP contribution < -0.4 is 0 Å². The Hall–Kier alpha value is -1.13. The summed E-state index contributed by atoms with van der Waals surface area (Å²) in [5, 5.41) is 7.72. The van der Waals surface area contributed by atoms with Gasteiger partial charge in [0.15, 0.2) is 4.77 Å². The number of rotatable bonds is 3. The van der Waals surface area contributed by atoms with E-state index in [2.05, 4.69) is 17.1 Å². The number of aromatic amines is 1. The summed E-state index contributed by atoms with van der Waals surface area (Å²) in [6.07, 6.45) is 0.862. The quantitative estimate of drug-likeness (QED) is 0.853. The molecule has 0 atom stereocenters. The molecule has 0 spiro atoms. The zero-order valence-electron chi connectivity index (χ0n) is 8.90. The molecule has 3 nitrogen and oxygen atoms in total. The summed E-state index contributed by atoms with van der Waals surface area (Å²) in [5.41, 5.74) is 1.16. The van der Waals surface area contributed by atoms with Crippen LogP contribution in [0.3, 0.4) is 0 Å². The molecule has 0 fully saturated rings. The predicted molar refractivity (Wildman–Crippen MR) is 67.3 cm³/mol. The van der Waals surface area contributed by atoms with Gasteiger partial charge in [-0.1, -0.05) is 30.7 Å². The number of hydrogen-bond donors (Lipinski definition) is 1. The molecule has 0 saturated heterocycles. The fourth-order valence-electron chi connectivity index (χ4n) is 1.56. The number of benzene rings is 1. The van der Waals surface area contributed by atoms with E-state index in [4.69, 9.17) is 23.8 Å². The Morgan fingerprint density at radius 2 is 2.06 bits per heavy atom. The van der Waals surface area contributed by atoms with Crippen molar-refractivity contribution in [1.82, 2.24) is 14.8 Å². The minimum atomic E-state index is 0.659. The lowest BCUT2D eigenvalue weighted by molar-refractivity contribution is 0.724. The van der Waals surface area contributed by atoms with Gasteiger partial charge >= 0.3 is 0 Å². The largest absolute Gasteiger partial charge is 0.300 e. The van der Waals surface area contributed by atoms with Crippen LogP contribution in [0.15, 0.2) is 24.3 Å². The maximum atomic E-state index is 5.84. The van der Waals surface area contributed by atoms with Crippen LogP contribution in [0, 0.1) is 4.77 Å². The highest BCUT2D eigenvalue weighted by Gasteiger charge is 2.04. The van der Waals surface area contributed by atoms with E-state index in [1.165, 1.54) is 0 Å². The summed E-state index contributed by atoms with van der Waals surface area (Å²) in [5.74, 6) is 0.972. The second-order valence-electron chi connectivity index (χ2n) is 3.51. The summed E-state index contributed by atoms with van der Waals surface area (Å²) in [4.78, 5) is 0. The van der Waals surface area contributed by atoms with Gasteiger partial charge in [-0.25, -0.2) is 0 Å². The van der Waals surface area contributed by atoms with E-state index in [1.807, 2.05) is 28.8 Å². The first-order valence-corrected chi connectivity index (χ1v) is 5.88. The molecule has 0 unspecified atom stereocenters. The normalized spacial score (nSPS) is 10.6. The van der Waals surface area contributed by atoms with Gasteiger partial charge in [0.25, 0.3) is 0 Å². The average Bonchev–Trinajstić information content (AvgIpc) is 2.63. The molecule has 0 amide bonds. The van der Waals surface area contributed by atoms with Crippen LogP contribution in [0.4, 0.5) is 0 Å². The first-order chi connectivity index (χ1) is 7.70. The first kappa shape index (κ1) is 11.4. The average molecular weight is 254 g/mol. The number of H-pyrrole nitrogens is 1. The van der Waals surface area contributed by atoms with E-state index in [9.17, 15) is 0 Å². The number of hydrogen-bond acceptors (Lipinski definition) is 2. The second-order valence-corrected chi connectivity index (χ2v) is 4.33. The first-order valence-electron chi connectivity index (χ1n) is 5.09. The van der Waals surface area contributed by atoms with Crippen molar-refractivity contribution >= 4 is 23.8 Å². The number of aromatic nitrogens is 3. The lowest BCUT2D eigenvalue weighted by Crippen LogP contribution is -2.04. The third-order valence-corrected chi connectivity index (χ3v) is 2.97. The summed E-state index contributed by atoms with van der Waals surface area (Å²) in [6.45, 7) is 2.79. The molecule has 2 aromatic rings. The monoisotopic (exact) mass is 253 g/mol. The van der Waals surface area contributed by atoms with Crippen molar-refractivity contribution in [2.45, 2.75) is 19.9 Å². The highest BCUT2D eigenvalue weighted by molar-refractivity contribution is 7.71. The third-order valence-electron chi connectivity index (χ3n) is 2.41. The van der Waals surface area contributed by atoms with Gasteiger partial charge in [-0.2, -0.15) is 5.10 Å². The molecular formula is C11H12ClN3S. The van der Waals surface area contributed by atoms with Gasteiger partial charge in [-0.15, -0.1) is 0 Å². The van der Waals surface area contributed by atoms with Gasteiger partial charge in [0.2, 0.25) is 0 Å². The second kappa shape index (κ2) is 4.80. The standard InChI is InChI=1S/C11H12ClN3S/c1-2-10-13-14-11(16)15(10)7-8-3-5-9(12)6-4-8/h3-6H,2,7H2,1H3,(H,14,16). The van der Waals surface area contributed by atoms with E-state index in [1.54, 1.807) is 0 Å². The van der Waals surface area contributed by atoms with Crippen LogP contribution in [0.25, 0.3) is 0 Å². The SMILES string of the molecule is CCc1n[nH]c(=S)n1Cc1ccc(Cl)cc1. The van der Waals surface area contributed by atoms with E-state index in [-0.39, 0.29) is 0 Å².